The third-order valence-corrected chi connectivity index (χ3v) is 7.53. The third-order valence-electron chi connectivity index (χ3n) is 7.53. The lowest BCUT2D eigenvalue weighted by Crippen LogP contribution is -2.51. The van der Waals surface area contributed by atoms with E-state index in [1.807, 2.05) is 0 Å². The van der Waals surface area contributed by atoms with Crippen LogP contribution in [0.2, 0.25) is 0 Å². The summed E-state index contributed by atoms with van der Waals surface area (Å²) in [6.07, 6.45) is 3.51. The second-order valence-corrected chi connectivity index (χ2v) is 9.63. The molecule has 3 amide bonds. The van der Waals surface area contributed by atoms with E-state index in [4.69, 9.17) is 4.74 Å². The summed E-state index contributed by atoms with van der Waals surface area (Å²) in [6, 6.07) is 7.17. The summed E-state index contributed by atoms with van der Waals surface area (Å²) >= 11 is 0. The smallest absolute Gasteiger partial charge is 0.333 e. The quantitative estimate of drug-likeness (QED) is 0.529. The van der Waals surface area contributed by atoms with Crippen molar-refractivity contribution in [1.29, 1.82) is 0 Å². The molecule has 0 radical (unpaired) electrons. The van der Waals surface area contributed by atoms with Crippen molar-refractivity contribution in [1.82, 2.24) is 15.6 Å². The lowest BCUT2D eigenvalue weighted by molar-refractivity contribution is -0.146. The maximum Gasteiger partial charge on any atom is 0.333 e. The number of rotatable bonds is 6. The van der Waals surface area contributed by atoms with Crippen LogP contribution in [0.3, 0.4) is 0 Å². The molecule has 5 rings (SSSR count). The molecule has 2 heterocycles. The highest BCUT2D eigenvalue weighted by Crippen LogP contribution is 2.49. The third kappa shape index (κ3) is 4.55. The normalized spacial score (nSPS) is 24.9. The minimum atomic E-state index is -1.09. The molecule has 1 aliphatic heterocycles. The van der Waals surface area contributed by atoms with Gasteiger partial charge in [-0.2, -0.15) is 0 Å². The summed E-state index contributed by atoms with van der Waals surface area (Å²) in [6.45, 7) is 0. The molecule has 2 fully saturated rings. The molecule has 9 nitrogen and oxygen atoms in total. The van der Waals surface area contributed by atoms with Crippen molar-refractivity contribution < 1.29 is 28.3 Å². The molecule has 3 N–H and O–H groups in total. The topological polar surface area (TPSA) is 126 Å². The molecule has 188 valence electrons. The SMILES string of the molecule is COC(=O)C(NC(=O)[C@@H]1[C@H]2CC[C@H](C2)[C@H]1NC(=O)c1ccc2c(n1)NC(=O)CC2)c1ccc(F)cc1. The Morgan fingerprint density at radius 1 is 1.08 bits per heavy atom. The Balaban J connectivity index is 1.33. The fourth-order valence-electron chi connectivity index (χ4n) is 5.76. The number of fused-ring (bicyclic) bond motifs is 3. The minimum Gasteiger partial charge on any atom is -0.467 e. The van der Waals surface area contributed by atoms with Crippen LogP contribution in [0, 0.1) is 23.6 Å². The van der Waals surface area contributed by atoms with Crippen LogP contribution >= 0.6 is 0 Å². The number of ether oxygens (including phenoxy) is 1. The molecule has 1 aromatic carbocycles. The fraction of sp³-hybridized carbons (Fsp3) is 0.423. The van der Waals surface area contributed by atoms with Crippen LogP contribution in [0.25, 0.3) is 0 Å². The second-order valence-electron chi connectivity index (χ2n) is 9.63. The molecule has 36 heavy (non-hydrogen) atoms. The first kappa shape index (κ1) is 23.9. The van der Waals surface area contributed by atoms with E-state index < -0.39 is 35.7 Å². The van der Waals surface area contributed by atoms with Crippen molar-refractivity contribution in [3.05, 3.63) is 59.0 Å². The molecule has 1 unspecified atom stereocenters. The summed E-state index contributed by atoms with van der Waals surface area (Å²) in [5.74, 6) is -1.98. The lowest BCUT2D eigenvalue weighted by atomic mass is 9.83. The van der Waals surface area contributed by atoms with Crippen LogP contribution in [-0.2, 0) is 25.5 Å². The van der Waals surface area contributed by atoms with Crippen LogP contribution in [0.5, 0.6) is 0 Å². The van der Waals surface area contributed by atoms with Gasteiger partial charge in [-0.1, -0.05) is 18.2 Å². The van der Waals surface area contributed by atoms with Crippen molar-refractivity contribution in [2.75, 3.05) is 12.4 Å². The summed E-state index contributed by atoms with van der Waals surface area (Å²) in [4.78, 5) is 55.1. The molecule has 2 aromatic rings. The highest BCUT2D eigenvalue weighted by Gasteiger charge is 2.52. The number of anilines is 1. The largest absolute Gasteiger partial charge is 0.467 e. The maximum absolute atomic E-state index is 13.5. The fourth-order valence-corrected chi connectivity index (χ4v) is 5.76. The van der Waals surface area contributed by atoms with E-state index >= 15 is 0 Å². The number of aryl methyl sites for hydroxylation is 1. The average molecular weight is 495 g/mol. The van der Waals surface area contributed by atoms with E-state index in [1.165, 1.54) is 31.4 Å². The lowest BCUT2D eigenvalue weighted by Gasteiger charge is -2.32. The Hall–Kier alpha value is -3.82. The number of pyridine rings is 1. The van der Waals surface area contributed by atoms with Crippen LogP contribution < -0.4 is 16.0 Å². The number of esters is 1. The molecule has 2 bridgehead atoms. The zero-order chi connectivity index (χ0) is 25.4. The van der Waals surface area contributed by atoms with E-state index in [2.05, 4.69) is 20.9 Å². The minimum absolute atomic E-state index is 0.0718. The Morgan fingerprint density at radius 3 is 2.58 bits per heavy atom. The van der Waals surface area contributed by atoms with Gasteiger partial charge in [0.05, 0.1) is 13.0 Å². The predicted octanol–water partition coefficient (Wildman–Crippen LogP) is 2.28. The number of carbonyl (C=O) groups is 4. The van der Waals surface area contributed by atoms with Crippen molar-refractivity contribution in [3.8, 4) is 0 Å². The van der Waals surface area contributed by atoms with Gasteiger partial charge in [-0.05, 0) is 66.8 Å². The highest BCUT2D eigenvalue weighted by atomic mass is 19.1. The van der Waals surface area contributed by atoms with E-state index in [9.17, 15) is 23.6 Å². The van der Waals surface area contributed by atoms with Crippen LogP contribution in [0.4, 0.5) is 10.2 Å². The summed E-state index contributed by atoms with van der Waals surface area (Å²) in [5, 5.41) is 8.47. The molecule has 2 aliphatic carbocycles. The van der Waals surface area contributed by atoms with Crippen molar-refractivity contribution in [3.63, 3.8) is 0 Å². The monoisotopic (exact) mass is 494 g/mol. The van der Waals surface area contributed by atoms with Gasteiger partial charge in [0.15, 0.2) is 6.04 Å². The maximum atomic E-state index is 13.5. The molecule has 5 atom stereocenters. The summed E-state index contributed by atoms with van der Waals surface area (Å²) < 4.78 is 18.3. The number of halogens is 1. The molecule has 2 saturated carbocycles. The molecule has 3 aliphatic rings. The predicted molar refractivity (Wildman–Crippen MR) is 126 cm³/mol. The first-order chi connectivity index (χ1) is 17.3. The Kier molecular flexibility index (Phi) is 6.42. The van der Waals surface area contributed by atoms with Gasteiger partial charge in [-0.15, -0.1) is 0 Å². The van der Waals surface area contributed by atoms with Gasteiger partial charge in [-0.25, -0.2) is 14.2 Å². The Labute approximate surface area is 207 Å². The van der Waals surface area contributed by atoms with Crippen LogP contribution in [0.1, 0.15) is 53.3 Å². The number of benzene rings is 1. The number of nitrogens with zero attached hydrogens (tertiary/aromatic N) is 1. The summed E-state index contributed by atoms with van der Waals surface area (Å²) in [5.41, 5.74) is 1.44. The molecular formula is C26H27FN4O5. The first-order valence-corrected chi connectivity index (χ1v) is 12.1. The van der Waals surface area contributed by atoms with E-state index in [0.717, 1.165) is 24.8 Å². The highest BCUT2D eigenvalue weighted by molar-refractivity contribution is 5.96. The van der Waals surface area contributed by atoms with Gasteiger partial charge in [0.1, 0.15) is 17.3 Å². The van der Waals surface area contributed by atoms with E-state index in [1.54, 1.807) is 12.1 Å². The van der Waals surface area contributed by atoms with Crippen LogP contribution in [-0.4, -0.2) is 41.8 Å². The van der Waals surface area contributed by atoms with Gasteiger partial charge in [0.25, 0.3) is 5.91 Å². The molecular weight excluding hydrogens is 467 g/mol. The number of nitrogens with one attached hydrogen (secondary N) is 3. The zero-order valence-electron chi connectivity index (χ0n) is 19.8. The number of hydrogen-bond donors (Lipinski definition) is 3. The number of carbonyl (C=O) groups excluding carboxylic acids is 4. The first-order valence-electron chi connectivity index (χ1n) is 12.1. The van der Waals surface area contributed by atoms with Crippen molar-refractivity contribution >= 4 is 29.5 Å². The molecule has 1 aromatic heterocycles. The second kappa shape index (κ2) is 9.67. The van der Waals surface area contributed by atoms with Gasteiger partial charge < -0.3 is 20.7 Å². The van der Waals surface area contributed by atoms with E-state index in [0.29, 0.717) is 24.2 Å². The Bertz CT molecular complexity index is 1220. The number of hydrogen-bond acceptors (Lipinski definition) is 6. The molecule has 0 spiro atoms. The molecule has 10 heteroatoms. The van der Waals surface area contributed by atoms with Crippen molar-refractivity contribution in [2.24, 2.45) is 17.8 Å². The number of aromatic nitrogens is 1. The summed E-state index contributed by atoms with van der Waals surface area (Å²) in [7, 11) is 1.22. The number of methoxy groups -OCH3 is 1. The van der Waals surface area contributed by atoms with Gasteiger partial charge in [-0.3, -0.25) is 14.4 Å². The standard InChI is InChI=1S/C26H27FN4O5/c1-36-26(35)22(13-4-8-17(27)9-5-13)31-25(34)20-15-2-3-16(12-15)21(20)30-24(33)18-10-6-14-7-11-19(32)29-23(14)28-18/h4-6,8-10,15-16,20-22H,2-3,7,11-12H2,1H3,(H,30,33)(H,31,34)(H,28,29,32)/t15-,16+,20+,21+,22?/m0/s1. The van der Waals surface area contributed by atoms with Gasteiger partial charge >= 0.3 is 5.97 Å². The van der Waals surface area contributed by atoms with Gasteiger partial charge in [0, 0.05) is 12.5 Å². The number of amides is 3. The zero-order valence-corrected chi connectivity index (χ0v) is 19.8. The van der Waals surface area contributed by atoms with Crippen molar-refractivity contribution in [2.45, 2.75) is 44.2 Å². The van der Waals surface area contributed by atoms with E-state index in [-0.39, 0.29) is 29.3 Å². The van der Waals surface area contributed by atoms with Crippen LogP contribution in [0.15, 0.2) is 36.4 Å². The average Bonchev–Trinajstić information content (AvgIpc) is 3.49. The van der Waals surface area contributed by atoms with Gasteiger partial charge in [0.2, 0.25) is 11.8 Å². The Morgan fingerprint density at radius 2 is 1.83 bits per heavy atom. The molecule has 0 saturated heterocycles.